The number of hydrogen-bond donors (Lipinski definition) is 0. The Bertz CT molecular complexity index is 9030. The molecular weight excluding hydrogens is 1670 g/mol. The van der Waals surface area contributed by atoms with E-state index < -0.39 is 0 Å². The summed E-state index contributed by atoms with van der Waals surface area (Å²) in [6, 6.07) is 170. The number of fused-ring (bicyclic) bond motifs is 17. The maximum Gasteiger partial charge on any atom is 0.238 e. The van der Waals surface area contributed by atoms with Crippen molar-refractivity contribution in [1.82, 2.24) is 58.6 Å². The summed E-state index contributed by atoms with van der Waals surface area (Å²) in [5.74, 6) is 5.82. The van der Waals surface area contributed by atoms with E-state index in [4.69, 9.17) is 44.9 Å². The SMILES string of the molecule is c1ccc(-c2nc(-c3cccc(-c4ccc5c6ccccc6c6ccccc6c5c4)c3)nc(-n3c4ccccc4c4ccccc43)n2)cc1.c1ccc(-c2nc(-c3ccccc3)nc(-c3ccc(-c4ccc5cc(-n6c7ccccc7c7ccccc76)ccc5c4)cc3)n2)cc1.c1ccc(-c2nc(-c3ccccc3)nc(-c3ccc4cc(-n5c6ccccc6c6ccccc65)ccc4c3)n2)cc1. The maximum atomic E-state index is 5.17. The van der Waals surface area contributed by atoms with E-state index in [2.05, 4.69) is 347 Å². The van der Waals surface area contributed by atoms with Crippen LogP contribution in [0.15, 0.2) is 485 Å². The number of hydrogen-bond acceptors (Lipinski definition) is 9. The summed E-state index contributed by atoms with van der Waals surface area (Å²) in [7, 11) is 0. The van der Waals surface area contributed by atoms with Crippen molar-refractivity contribution in [3.8, 4) is 131 Å². The van der Waals surface area contributed by atoms with Crippen LogP contribution in [0, 0.1) is 0 Å². The fraction of sp³-hybridized carbons (Fsp3) is 0. The molecule has 0 atom stereocenters. The zero-order valence-electron chi connectivity index (χ0n) is 74.1. The summed E-state index contributed by atoms with van der Waals surface area (Å²) in [5, 5.41) is 19.7. The van der Waals surface area contributed by atoms with Crippen molar-refractivity contribution in [3.05, 3.63) is 485 Å². The largest absolute Gasteiger partial charge is 0.309 e. The minimum absolute atomic E-state index is 0.593. The lowest BCUT2D eigenvalue weighted by atomic mass is 9.92. The Morgan fingerprint density at radius 3 is 0.715 bits per heavy atom. The van der Waals surface area contributed by atoms with Crippen LogP contribution in [0.25, 0.3) is 250 Å². The summed E-state index contributed by atoms with van der Waals surface area (Å²) in [5.41, 5.74) is 21.5. The van der Waals surface area contributed by atoms with Gasteiger partial charge < -0.3 is 9.13 Å². The van der Waals surface area contributed by atoms with Gasteiger partial charge in [0.25, 0.3) is 0 Å². The van der Waals surface area contributed by atoms with Gasteiger partial charge in [-0.25, -0.2) is 34.9 Å². The summed E-state index contributed by atoms with van der Waals surface area (Å²) < 4.78 is 6.87. The van der Waals surface area contributed by atoms with Gasteiger partial charge in [-0.3, -0.25) is 4.57 Å². The highest BCUT2D eigenvalue weighted by atomic mass is 15.2. The Balaban J connectivity index is 0.000000110. The molecule has 640 valence electrons. The topological polar surface area (TPSA) is 131 Å². The lowest BCUT2D eigenvalue weighted by molar-refractivity contribution is 0.953. The molecule has 0 N–H and O–H groups in total. The third-order valence-corrected chi connectivity index (χ3v) is 26.1. The van der Waals surface area contributed by atoms with E-state index in [-0.39, 0.29) is 0 Å². The van der Waals surface area contributed by atoms with Gasteiger partial charge in [0.2, 0.25) is 5.95 Å². The minimum Gasteiger partial charge on any atom is -0.309 e. The second-order valence-corrected chi connectivity index (χ2v) is 34.3. The quantitative estimate of drug-likeness (QED) is 0.104. The summed E-state index contributed by atoms with van der Waals surface area (Å²) in [6.45, 7) is 0. The second kappa shape index (κ2) is 34.6. The molecule has 27 aromatic rings. The zero-order valence-corrected chi connectivity index (χ0v) is 74.1. The van der Waals surface area contributed by atoms with Gasteiger partial charge in [0.05, 0.1) is 33.1 Å². The fourth-order valence-electron chi connectivity index (χ4n) is 19.5. The highest BCUT2D eigenvalue weighted by Gasteiger charge is 2.23. The molecule has 0 aliphatic carbocycles. The van der Waals surface area contributed by atoms with E-state index in [1.807, 2.05) is 152 Å². The van der Waals surface area contributed by atoms with Gasteiger partial charge in [0, 0.05) is 88.2 Å². The molecule has 0 aliphatic heterocycles. The number of aromatic nitrogens is 12. The summed E-state index contributed by atoms with van der Waals surface area (Å²) >= 11 is 0. The van der Waals surface area contributed by atoms with Crippen molar-refractivity contribution in [2.45, 2.75) is 0 Å². The van der Waals surface area contributed by atoms with Gasteiger partial charge in [-0.05, 0) is 161 Å². The number of rotatable bonds is 13. The molecule has 27 rings (SSSR count). The highest BCUT2D eigenvalue weighted by molar-refractivity contribution is 6.26. The van der Waals surface area contributed by atoms with Gasteiger partial charge in [-0.1, -0.05) is 400 Å². The highest BCUT2D eigenvalue weighted by Crippen LogP contribution is 2.43. The first-order valence-electron chi connectivity index (χ1n) is 46.0. The van der Waals surface area contributed by atoms with Crippen LogP contribution in [0.1, 0.15) is 0 Å². The molecule has 6 heterocycles. The van der Waals surface area contributed by atoms with Crippen molar-refractivity contribution in [2.24, 2.45) is 0 Å². The van der Waals surface area contributed by atoms with Gasteiger partial charge in [-0.2, -0.15) is 9.97 Å². The molecule has 12 nitrogen and oxygen atoms in total. The van der Waals surface area contributed by atoms with Crippen LogP contribution in [-0.2, 0) is 0 Å². The smallest absolute Gasteiger partial charge is 0.238 e. The van der Waals surface area contributed by atoms with Crippen LogP contribution in [0.4, 0.5) is 0 Å². The number of para-hydroxylation sites is 6. The molecule has 0 saturated heterocycles. The van der Waals surface area contributed by atoms with Crippen LogP contribution >= 0.6 is 0 Å². The molecule has 0 radical (unpaired) electrons. The van der Waals surface area contributed by atoms with E-state index in [9.17, 15) is 0 Å². The molecule has 0 spiro atoms. The van der Waals surface area contributed by atoms with E-state index in [1.165, 1.54) is 103 Å². The molecule has 0 unspecified atom stereocenters. The molecule has 21 aromatic carbocycles. The zero-order chi connectivity index (χ0) is 90.6. The molecular formula is C125H80N12. The predicted molar refractivity (Wildman–Crippen MR) is 564 cm³/mol. The first-order valence-corrected chi connectivity index (χ1v) is 46.0. The molecule has 0 saturated carbocycles. The maximum absolute atomic E-state index is 5.17. The predicted octanol–water partition coefficient (Wildman–Crippen LogP) is 31.3. The number of nitrogens with zero attached hydrogens (tertiary/aromatic N) is 12. The Morgan fingerprint density at radius 1 is 0.117 bits per heavy atom. The van der Waals surface area contributed by atoms with Crippen LogP contribution in [0.2, 0.25) is 0 Å². The molecule has 137 heavy (non-hydrogen) atoms. The average Bonchev–Trinajstić information content (AvgIpc) is 1.17. The molecule has 0 aliphatic rings. The van der Waals surface area contributed by atoms with Gasteiger partial charge in [0.15, 0.2) is 46.6 Å². The summed E-state index contributed by atoms with van der Waals surface area (Å²) in [4.78, 5) is 44.6. The lowest BCUT2D eigenvalue weighted by Gasteiger charge is -2.13. The van der Waals surface area contributed by atoms with E-state index in [0.29, 0.717) is 52.5 Å². The third-order valence-electron chi connectivity index (χ3n) is 26.1. The van der Waals surface area contributed by atoms with Gasteiger partial charge in [0.1, 0.15) is 0 Å². The Hall–Kier alpha value is -18.7. The van der Waals surface area contributed by atoms with Crippen LogP contribution < -0.4 is 0 Å². The average molecular weight is 1750 g/mol. The molecule has 0 fully saturated rings. The van der Waals surface area contributed by atoms with E-state index in [0.717, 1.165) is 94.4 Å². The first-order chi connectivity index (χ1) is 67.9. The van der Waals surface area contributed by atoms with E-state index in [1.54, 1.807) is 0 Å². The molecule has 6 aromatic heterocycles. The van der Waals surface area contributed by atoms with Crippen molar-refractivity contribution in [2.75, 3.05) is 0 Å². The van der Waals surface area contributed by atoms with E-state index >= 15 is 0 Å². The van der Waals surface area contributed by atoms with Gasteiger partial charge >= 0.3 is 0 Å². The molecule has 0 amide bonds. The van der Waals surface area contributed by atoms with Crippen molar-refractivity contribution >= 4 is 119 Å². The monoisotopic (exact) mass is 1750 g/mol. The van der Waals surface area contributed by atoms with Crippen molar-refractivity contribution < 1.29 is 0 Å². The third kappa shape index (κ3) is 15.0. The second-order valence-electron chi connectivity index (χ2n) is 34.3. The summed E-state index contributed by atoms with van der Waals surface area (Å²) in [6.07, 6.45) is 0. The first kappa shape index (κ1) is 80.4. The number of benzene rings is 21. The minimum atomic E-state index is 0.593. The molecule has 0 bridgehead atoms. The lowest BCUT2D eigenvalue weighted by Crippen LogP contribution is -2.06. The van der Waals surface area contributed by atoms with Crippen LogP contribution in [0.3, 0.4) is 0 Å². The fourth-order valence-corrected chi connectivity index (χ4v) is 19.5. The normalized spacial score (nSPS) is 11.5. The Labute approximate surface area is 788 Å². The Kier molecular flexibility index (Phi) is 20.3. The Morgan fingerprint density at radius 2 is 0.336 bits per heavy atom. The van der Waals surface area contributed by atoms with Crippen LogP contribution in [-0.4, -0.2) is 58.6 Å². The van der Waals surface area contributed by atoms with Crippen molar-refractivity contribution in [3.63, 3.8) is 0 Å². The van der Waals surface area contributed by atoms with Crippen LogP contribution in [0.5, 0.6) is 0 Å². The molecule has 12 heteroatoms. The van der Waals surface area contributed by atoms with Crippen molar-refractivity contribution in [1.29, 1.82) is 0 Å². The standard InChI is InChI=1S/C45H28N4.C43H28N4.C37H24N4/c1-2-13-29(14-3-1)43-46-44(48-45(47-43)49-41-23-10-8-21-38(41)39-22-9-11-24-42(39)49)32-16-12-15-30(27-32)31-25-26-37-35-19-5-4-17-33(35)34-18-6-7-20-36(34)40(37)28-31;1-3-11-30(12-4-1)41-44-42(31-13-5-2-6-14-31)46-43(45-41)32-21-19-29(20-22-32)33-23-24-35-28-36(26-25-34(35)27-33)47-39-17-9-7-15-37(39)38-16-8-10-18-40(38)47;1-3-11-25(12-4-1)35-38-36(26-13-5-2-6-14-26)40-37(39-35)29-20-19-28-24-30(22-21-27(28)23-29)41-33-17-9-7-15-31(33)32-16-8-10-18-34(32)41/h1-28H;1-28H;1-24H. The van der Waals surface area contributed by atoms with Gasteiger partial charge in [-0.15, -0.1) is 0 Å².